The summed E-state index contributed by atoms with van der Waals surface area (Å²) in [5, 5.41) is 9.21. The van der Waals surface area contributed by atoms with Gasteiger partial charge in [-0.2, -0.15) is 0 Å². The number of carboxylic acids is 1. The fourth-order valence-corrected chi connectivity index (χ4v) is 2.00. The number of urea groups is 1. The van der Waals surface area contributed by atoms with Crippen molar-refractivity contribution in [2.45, 2.75) is 39.7 Å². The number of nitrogens with zero attached hydrogens (tertiary/aromatic N) is 2. The SMILES string of the molecule is CCN(C(=O)N1CC=C(C)CC1)C(C)(C)C(=O)O. The molecule has 0 aromatic carbocycles. The van der Waals surface area contributed by atoms with Crippen LogP contribution in [0.2, 0.25) is 0 Å². The molecule has 0 saturated heterocycles. The molecule has 0 saturated carbocycles. The van der Waals surface area contributed by atoms with Gasteiger partial charge in [0.1, 0.15) is 5.54 Å². The average molecular weight is 254 g/mol. The summed E-state index contributed by atoms with van der Waals surface area (Å²) in [5.74, 6) is -0.985. The van der Waals surface area contributed by atoms with Gasteiger partial charge in [0.15, 0.2) is 0 Å². The van der Waals surface area contributed by atoms with E-state index in [0.717, 1.165) is 6.42 Å². The van der Waals surface area contributed by atoms with Gasteiger partial charge in [-0.15, -0.1) is 0 Å². The molecule has 18 heavy (non-hydrogen) atoms. The Kier molecular flexibility index (Phi) is 4.38. The van der Waals surface area contributed by atoms with E-state index in [0.29, 0.717) is 19.6 Å². The number of carbonyl (C=O) groups is 2. The van der Waals surface area contributed by atoms with Gasteiger partial charge in [0.25, 0.3) is 0 Å². The number of carboxylic acid groups (broad SMARTS) is 1. The van der Waals surface area contributed by atoms with Gasteiger partial charge in [-0.1, -0.05) is 11.6 Å². The highest BCUT2D eigenvalue weighted by Crippen LogP contribution is 2.19. The molecule has 1 rings (SSSR count). The van der Waals surface area contributed by atoms with Gasteiger partial charge in [0.2, 0.25) is 0 Å². The molecule has 0 fully saturated rings. The first kappa shape index (κ1) is 14.5. The van der Waals surface area contributed by atoms with E-state index < -0.39 is 11.5 Å². The van der Waals surface area contributed by atoms with E-state index in [1.807, 2.05) is 13.0 Å². The molecule has 0 radical (unpaired) electrons. The van der Waals surface area contributed by atoms with E-state index in [-0.39, 0.29) is 6.03 Å². The Balaban J connectivity index is 2.84. The first-order chi connectivity index (χ1) is 8.30. The van der Waals surface area contributed by atoms with Crippen LogP contribution in [0.5, 0.6) is 0 Å². The second-order valence-electron chi connectivity index (χ2n) is 5.14. The van der Waals surface area contributed by atoms with Crippen LogP contribution in [0.1, 0.15) is 34.1 Å². The van der Waals surface area contributed by atoms with Gasteiger partial charge >= 0.3 is 12.0 Å². The summed E-state index contributed by atoms with van der Waals surface area (Å²) < 4.78 is 0. The highest BCUT2D eigenvalue weighted by molar-refractivity contribution is 5.85. The number of aliphatic carboxylic acids is 1. The van der Waals surface area contributed by atoms with Crippen molar-refractivity contribution in [3.05, 3.63) is 11.6 Å². The lowest BCUT2D eigenvalue weighted by Crippen LogP contribution is -2.57. The zero-order valence-electron chi connectivity index (χ0n) is 11.6. The summed E-state index contributed by atoms with van der Waals surface area (Å²) in [7, 11) is 0. The molecular formula is C13H22N2O3. The zero-order chi connectivity index (χ0) is 13.9. The molecule has 5 nitrogen and oxygen atoms in total. The van der Waals surface area contributed by atoms with E-state index in [9.17, 15) is 14.7 Å². The standard InChI is InChI=1S/C13H22N2O3/c1-5-15(13(3,4)11(16)17)12(18)14-8-6-10(2)7-9-14/h6H,5,7-9H2,1-4H3,(H,16,17). The highest BCUT2D eigenvalue weighted by atomic mass is 16.4. The summed E-state index contributed by atoms with van der Waals surface area (Å²) in [6.45, 7) is 8.57. The monoisotopic (exact) mass is 254 g/mol. The summed E-state index contributed by atoms with van der Waals surface area (Å²) in [5.41, 5.74) is 0.0989. The highest BCUT2D eigenvalue weighted by Gasteiger charge is 2.38. The predicted octanol–water partition coefficient (Wildman–Crippen LogP) is 1.94. The molecule has 1 aliphatic heterocycles. The van der Waals surface area contributed by atoms with Gasteiger partial charge in [0.05, 0.1) is 0 Å². The Labute approximate surface area is 108 Å². The lowest BCUT2D eigenvalue weighted by molar-refractivity contribution is -0.147. The maximum absolute atomic E-state index is 12.3. The van der Waals surface area contributed by atoms with E-state index in [1.165, 1.54) is 10.5 Å². The van der Waals surface area contributed by atoms with Gasteiger partial charge < -0.3 is 14.9 Å². The van der Waals surface area contributed by atoms with Crippen molar-refractivity contribution in [1.29, 1.82) is 0 Å². The van der Waals surface area contributed by atoms with Crippen LogP contribution in [0.4, 0.5) is 4.79 Å². The summed E-state index contributed by atoms with van der Waals surface area (Å²) in [4.78, 5) is 26.7. The third-order valence-electron chi connectivity index (χ3n) is 3.45. The molecule has 0 aromatic rings. The quantitative estimate of drug-likeness (QED) is 0.783. The van der Waals surface area contributed by atoms with Gasteiger partial charge in [0, 0.05) is 19.6 Å². The minimum Gasteiger partial charge on any atom is -0.480 e. The minimum absolute atomic E-state index is 0.200. The lowest BCUT2D eigenvalue weighted by atomic mass is 10.0. The number of amides is 2. The van der Waals surface area contributed by atoms with E-state index in [4.69, 9.17) is 0 Å². The molecule has 5 heteroatoms. The van der Waals surface area contributed by atoms with Crippen molar-refractivity contribution in [3.63, 3.8) is 0 Å². The van der Waals surface area contributed by atoms with Crippen LogP contribution < -0.4 is 0 Å². The normalized spacial score (nSPS) is 16.2. The van der Waals surface area contributed by atoms with Crippen LogP contribution in [-0.4, -0.2) is 52.1 Å². The minimum atomic E-state index is -1.18. The summed E-state index contributed by atoms with van der Waals surface area (Å²) >= 11 is 0. The Morgan fingerprint density at radius 3 is 2.50 bits per heavy atom. The molecule has 1 heterocycles. The molecule has 0 aliphatic carbocycles. The van der Waals surface area contributed by atoms with E-state index in [1.54, 1.807) is 25.7 Å². The topological polar surface area (TPSA) is 60.9 Å². The van der Waals surface area contributed by atoms with Crippen LogP contribution in [-0.2, 0) is 4.79 Å². The van der Waals surface area contributed by atoms with Crippen LogP contribution in [0.3, 0.4) is 0 Å². The molecule has 0 atom stereocenters. The van der Waals surface area contributed by atoms with Crippen LogP contribution >= 0.6 is 0 Å². The van der Waals surface area contributed by atoms with E-state index >= 15 is 0 Å². The van der Waals surface area contributed by atoms with Gasteiger partial charge in [-0.05, 0) is 34.1 Å². The summed E-state index contributed by atoms with van der Waals surface area (Å²) in [6.07, 6.45) is 2.87. The Hall–Kier alpha value is -1.52. The molecule has 2 amide bonds. The number of likely N-dealkylation sites (N-methyl/N-ethyl adjacent to an activating group) is 1. The number of rotatable bonds is 3. The first-order valence-electron chi connectivity index (χ1n) is 6.26. The third-order valence-corrected chi connectivity index (χ3v) is 3.45. The average Bonchev–Trinajstić information content (AvgIpc) is 2.30. The maximum Gasteiger partial charge on any atom is 0.329 e. The molecule has 0 aromatic heterocycles. The van der Waals surface area contributed by atoms with E-state index in [2.05, 4.69) is 0 Å². The maximum atomic E-state index is 12.3. The lowest BCUT2D eigenvalue weighted by Gasteiger charge is -2.38. The van der Waals surface area contributed by atoms with Crippen LogP contribution in [0.15, 0.2) is 11.6 Å². The van der Waals surface area contributed by atoms with Crippen molar-refractivity contribution in [2.75, 3.05) is 19.6 Å². The molecule has 102 valence electrons. The first-order valence-corrected chi connectivity index (χ1v) is 6.26. The fraction of sp³-hybridized carbons (Fsp3) is 0.692. The molecule has 0 unspecified atom stereocenters. The number of carbonyl (C=O) groups excluding carboxylic acids is 1. The molecule has 1 N–H and O–H groups in total. The molecule has 0 spiro atoms. The molecule has 0 bridgehead atoms. The van der Waals surface area contributed by atoms with Crippen LogP contribution in [0, 0.1) is 0 Å². The Bertz CT molecular complexity index is 374. The molecular weight excluding hydrogens is 232 g/mol. The largest absolute Gasteiger partial charge is 0.480 e. The smallest absolute Gasteiger partial charge is 0.329 e. The van der Waals surface area contributed by atoms with Gasteiger partial charge in [-0.3, -0.25) is 0 Å². The van der Waals surface area contributed by atoms with Crippen molar-refractivity contribution < 1.29 is 14.7 Å². The Morgan fingerprint density at radius 2 is 2.11 bits per heavy atom. The number of hydrogen-bond donors (Lipinski definition) is 1. The summed E-state index contributed by atoms with van der Waals surface area (Å²) in [6, 6.07) is -0.200. The van der Waals surface area contributed by atoms with Crippen molar-refractivity contribution >= 4 is 12.0 Å². The van der Waals surface area contributed by atoms with Crippen molar-refractivity contribution in [3.8, 4) is 0 Å². The number of hydrogen-bond acceptors (Lipinski definition) is 2. The predicted molar refractivity (Wildman–Crippen MR) is 69.4 cm³/mol. The van der Waals surface area contributed by atoms with Crippen molar-refractivity contribution in [2.24, 2.45) is 0 Å². The fourth-order valence-electron chi connectivity index (χ4n) is 2.00. The second-order valence-corrected chi connectivity index (χ2v) is 5.14. The second kappa shape index (κ2) is 5.42. The zero-order valence-corrected chi connectivity index (χ0v) is 11.6. The van der Waals surface area contributed by atoms with Crippen LogP contribution in [0.25, 0.3) is 0 Å². The molecule has 1 aliphatic rings. The third kappa shape index (κ3) is 2.83. The van der Waals surface area contributed by atoms with Gasteiger partial charge in [-0.25, -0.2) is 9.59 Å². The Morgan fingerprint density at radius 1 is 1.50 bits per heavy atom. The van der Waals surface area contributed by atoms with Crippen molar-refractivity contribution in [1.82, 2.24) is 9.80 Å².